The molecule has 37 heavy (non-hydrogen) atoms. The summed E-state index contributed by atoms with van der Waals surface area (Å²) >= 11 is 0. The van der Waals surface area contributed by atoms with Crippen LogP contribution in [0, 0.1) is 0 Å². The van der Waals surface area contributed by atoms with Gasteiger partial charge in [0, 0.05) is 60.6 Å². The predicted molar refractivity (Wildman–Crippen MR) is 144 cm³/mol. The summed E-state index contributed by atoms with van der Waals surface area (Å²) < 4.78 is 3.90. The Kier molecular flexibility index (Phi) is 5.92. The van der Waals surface area contributed by atoms with E-state index in [1.54, 1.807) is 6.07 Å². The molecule has 1 saturated heterocycles. The molecule has 0 saturated carbocycles. The molecule has 6 rings (SSSR count). The highest BCUT2D eigenvalue weighted by Crippen LogP contribution is 2.28. The summed E-state index contributed by atoms with van der Waals surface area (Å²) in [6.45, 7) is 4.33. The molecular formula is C29H28N6O2. The Hall–Kier alpha value is -4.46. The molecule has 0 atom stereocenters. The number of piperidine rings is 1. The van der Waals surface area contributed by atoms with E-state index in [4.69, 9.17) is 0 Å². The topological polar surface area (TPSA) is 88.8 Å². The molecule has 0 bridgehead atoms. The Bertz CT molecular complexity index is 1620. The predicted octanol–water partition coefficient (Wildman–Crippen LogP) is 4.68. The maximum absolute atomic E-state index is 13.5. The van der Waals surface area contributed by atoms with E-state index in [9.17, 15) is 9.59 Å². The van der Waals surface area contributed by atoms with Gasteiger partial charge in [0.1, 0.15) is 17.8 Å². The van der Waals surface area contributed by atoms with Crippen molar-refractivity contribution in [2.45, 2.75) is 32.4 Å². The second-order valence-electron chi connectivity index (χ2n) is 9.40. The van der Waals surface area contributed by atoms with Gasteiger partial charge in [-0.15, -0.1) is 0 Å². The summed E-state index contributed by atoms with van der Waals surface area (Å²) in [4.78, 5) is 40.1. The van der Waals surface area contributed by atoms with Crippen LogP contribution in [0.3, 0.4) is 0 Å². The maximum Gasteiger partial charge on any atom is 0.326 e. The van der Waals surface area contributed by atoms with Crippen molar-refractivity contribution in [2.24, 2.45) is 0 Å². The summed E-state index contributed by atoms with van der Waals surface area (Å²) in [5.74, 6) is 0.636. The first-order chi connectivity index (χ1) is 18.1. The smallest absolute Gasteiger partial charge is 0.326 e. The number of nitrogens with one attached hydrogen (secondary N) is 1. The van der Waals surface area contributed by atoms with Crippen molar-refractivity contribution < 1.29 is 4.79 Å². The molecule has 8 nitrogen and oxygen atoms in total. The van der Waals surface area contributed by atoms with Gasteiger partial charge in [-0.1, -0.05) is 48.5 Å². The average Bonchev–Trinajstić information content (AvgIpc) is 3.54. The van der Waals surface area contributed by atoms with Gasteiger partial charge in [-0.25, -0.2) is 14.8 Å². The number of nitrogens with zero attached hydrogens (tertiary/aromatic N) is 5. The van der Waals surface area contributed by atoms with Crippen molar-refractivity contribution in [3.05, 3.63) is 101 Å². The molecule has 2 aromatic carbocycles. The summed E-state index contributed by atoms with van der Waals surface area (Å²) in [6.07, 6.45) is 6.92. The van der Waals surface area contributed by atoms with Crippen LogP contribution in [0.1, 0.15) is 41.9 Å². The third-order valence-corrected chi connectivity index (χ3v) is 7.27. The first-order valence-corrected chi connectivity index (χ1v) is 12.7. The van der Waals surface area contributed by atoms with Crippen LogP contribution in [-0.4, -0.2) is 43.0 Å². The monoisotopic (exact) mass is 492 g/mol. The summed E-state index contributed by atoms with van der Waals surface area (Å²) in [6, 6.07) is 19.7. The maximum atomic E-state index is 13.5. The number of H-pyrrole nitrogens is 1. The van der Waals surface area contributed by atoms with Crippen molar-refractivity contribution in [3.63, 3.8) is 0 Å². The second kappa shape index (κ2) is 9.54. The number of benzene rings is 2. The van der Waals surface area contributed by atoms with Gasteiger partial charge < -0.3 is 14.5 Å². The Morgan fingerprint density at radius 1 is 1.00 bits per heavy atom. The van der Waals surface area contributed by atoms with E-state index < -0.39 is 0 Å². The average molecular weight is 493 g/mol. The molecule has 0 radical (unpaired) electrons. The van der Waals surface area contributed by atoms with E-state index in [-0.39, 0.29) is 17.5 Å². The Balaban J connectivity index is 1.19. The Morgan fingerprint density at radius 3 is 2.54 bits per heavy atom. The zero-order valence-electron chi connectivity index (χ0n) is 20.7. The number of ketones is 1. The number of hydrogen-bond acceptors (Lipinski definition) is 5. The highest BCUT2D eigenvalue weighted by atomic mass is 16.1. The molecule has 8 heteroatoms. The molecule has 1 aliphatic rings. The number of imidazole rings is 1. The van der Waals surface area contributed by atoms with Crippen LogP contribution in [0.15, 0.2) is 84.2 Å². The van der Waals surface area contributed by atoms with E-state index in [1.165, 1.54) is 6.33 Å². The summed E-state index contributed by atoms with van der Waals surface area (Å²) in [5, 5.41) is 0.933. The van der Waals surface area contributed by atoms with Crippen LogP contribution in [0.4, 0.5) is 5.82 Å². The first kappa shape index (κ1) is 23.0. The molecule has 0 unspecified atom stereocenters. The molecule has 4 heterocycles. The minimum Gasteiger partial charge on any atom is -0.356 e. The number of rotatable bonds is 6. The fourth-order valence-electron chi connectivity index (χ4n) is 5.29. The van der Waals surface area contributed by atoms with Crippen LogP contribution >= 0.6 is 0 Å². The SMILES string of the molecule is CCn1cc(C(=O)c2cc(N3CCC(n4cc(-c5ccccc5)[nH]c4=O)CC3)ncn2)c2ccccc21. The minimum absolute atomic E-state index is 0.0848. The van der Waals surface area contributed by atoms with Gasteiger partial charge in [0.2, 0.25) is 5.78 Å². The first-order valence-electron chi connectivity index (χ1n) is 12.7. The van der Waals surface area contributed by atoms with Crippen molar-refractivity contribution in [3.8, 4) is 11.3 Å². The lowest BCUT2D eigenvalue weighted by Crippen LogP contribution is -2.37. The van der Waals surface area contributed by atoms with Gasteiger partial charge in [-0.05, 0) is 31.4 Å². The molecule has 186 valence electrons. The Morgan fingerprint density at radius 2 is 1.76 bits per heavy atom. The molecule has 3 aromatic heterocycles. The van der Waals surface area contributed by atoms with E-state index in [1.807, 2.05) is 71.6 Å². The standard InChI is InChI=1S/C29H28N6O2/c1-2-33-17-23(22-10-6-7-11-26(22)33)28(36)24-16-27(31-19-30-24)34-14-12-21(13-15-34)35-18-25(32-29(35)37)20-8-4-3-5-9-20/h3-11,16-19,21H,2,12-15H2,1H3,(H,32,37). The summed E-state index contributed by atoms with van der Waals surface area (Å²) in [5.41, 5.74) is 3.83. The fourth-order valence-corrected chi connectivity index (χ4v) is 5.29. The number of fused-ring (bicyclic) bond motifs is 1. The zero-order valence-corrected chi connectivity index (χ0v) is 20.7. The van der Waals surface area contributed by atoms with Crippen molar-refractivity contribution in [1.29, 1.82) is 0 Å². The zero-order chi connectivity index (χ0) is 25.4. The fraction of sp³-hybridized carbons (Fsp3) is 0.241. The van der Waals surface area contributed by atoms with E-state index in [0.717, 1.165) is 60.5 Å². The molecule has 1 N–H and O–H groups in total. The quantitative estimate of drug-likeness (QED) is 0.348. The normalized spacial score (nSPS) is 14.4. The molecule has 0 spiro atoms. The number of carbonyl (C=O) groups excluding carboxylic acids is 1. The number of carbonyl (C=O) groups is 1. The molecule has 1 aliphatic heterocycles. The second-order valence-corrected chi connectivity index (χ2v) is 9.40. The summed E-state index contributed by atoms with van der Waals surface area (Å²) in [7, 11) is 0. The molecule has 0 aliphatic carbocycles. The van der Waals surface area contributed by atoms with Gasteiger partial charge in [0.15, 0.2) is 0 Å². The highest BCUT2D eigenvalue weighted by molar-refractivity contribution is 6.15. The number of aromatic nitrogens is 5. The van der Waals surface area contributed by atoms with Crippen LogP contribution in [0.25, 0.3) is 22.2 Å². The molecule has 5 aromatic rings. The largest absolute Gasteiger partial charge is 0.356 e. The van der Waals surface area contributed by atoms with Crippen LogP contribution in [0.2, 0.25) is 0 Å². The lowest BCUT2D eigenvalue weighted by molar-refractivity contribution is 0.103. The molecular weight excluding hydrogens is 464 g/mol. The number of aryl methyl sites for hydroxylation is 1. The van der Waals surface area contributed by atoms with Gasteiger partial charge in [0.25, 0.3) is 0 Å². The van der Waals surface area contributed by atoms with Crippen molar-refractivity contribution in [2.75, 3.05) is 18.0 Å². The van der Waals surface area contributed by atoms with Gasteiger partial charge >= 0.3 is 5.69 Å². The van der Waals surface area contributed by atoms with Gasteiger partial charge in [0.05, 0.1) is 5.69 Å². The van der Waals surface area contributed by atoms with Gasteiger partial charge in [-0.2, -0.15) is 0 Å². The van der Waals surface area contributed by atoms with E-state index in [0.29, 0.717) is 11.3 Å². The van der Waals surface area contributed by atoms with Crippen LogP contribution < -0.4 is 10.6 Å². The van der Waals surface area contributed by atoms with E-state index >= 15 is 0 Å². The number of aromatic amines is 1. The number of para-hydroxylation sites is 1. The lowest BCUT2D eigenvalue weighted by Gasteiger charge is -2.33. The molecule has 1 fully saturated rings. The van der Waals surface area contributed by atoms with Crippen molar-refractivity contribution in [1.82, 2.24) is 24.1 Å². The third-order valence-electron chi connectivity index (χ3n) is 7.27. The lowest BCUT2D eigenvalue weighted by atomic mass is 10.0. The highest BCUT2D eigenvalue weighted by Gasteiger charge is 2.25. The number of hydrogen-bond donors (Lipinski definition) is 1. The van der Waals surface area contributed by atoms with Crippen LogP contribution in [0.5, 0.6) is 0 Å². The number of anilines is 1. The van der Waals surface area contributed by atoms with E-state index in [2.05, 4.69) is 31.3 Å². The van der Waals surface area contributed by atoms with Crippen molar-refractivity contribution >= 4 is 22.5 Å². The minimum atomic E-state index is -0.103. The third kappa shape index (κ3) is 4.24. The van der Waals surface area contributed by atoms with Gasteiger partial charge in [-0.3, -0.25) is 9.36 Å². The van der Waals surface area contributed by atoms with Crippen LogP contribution in [-0.2, 0) is 6.54 Å². The molecule has 0 amide bonds. The Labute approximate surface area is 214 Å².